The lowest BCUT2D eigenvalue weighted by atomic mass is 9.87. The molecule has 1 heterocycles. The quantitative estimate of drug-likeness (QED) is 0.639. The van der Waals surface area contributed by atoms with Crippen molar-refractivity contribution < 1.29 is 14.6 Å². The van der Waals surface area contributed by atoms with E-state index in [0.717, 1.165) is 25.7 Å². The van der Waals surface area contributed by atoms with E-state index in [-0.39, 0.29) is 5.92 Å². The van der Waals surface area contributed by atoms with Gasteiger partial charge in [-0.3, -0.25) is 0 Å². The Labute approximate surface area is 72.7 Å². The monoisotopic (exact) mass is 172 g/mol. The van der Waals surface area contributed by atoms with Crippen LogP contribution < -0.4 is 0 Å². The molecule has 0 aromatic rings. The van der Waals surface area contributed by atoms with Crippen LogP contribution in [0.4, 0.5) is 0 Å². The van der Waals surface area contributed by atoms with Crippen LogP contribution in [0.1, 0.15) is 25.7 Å². The van der Waals surface area contributed by atoms with E-state index in [4.69, 9.17) is 9.47 Å². The fourth-order valence-corrected chi connectivity index (χ4v) is 2.19. The number of rotatable bonds is 1. The second-order valence-electron chi connectivity index (χ2n) is 3.87. The summed E-state index contributed by atoms with van der Waals surface area (Å²) in [4.78, 5) is 0. The lowest BCUT2D eigenvalue weighted by molar-refractivity contribution is -0.173. The fraction of sp³-hybridized carbons (Fsp3) is 1.00. The van der Waals surface area contributed by atoms with Crippen LogP contribution in [-0.4, -0.2) is 30.7 Å². The first-order chi connectivity index (χ1) is 5.81. The third-order valence-corrected chi connectivity index (χ3v) is 3.03. The van der Waals surface area contributed by atoms with Gasteiger partial charge in [0.25, 0.3) is 0 Å². The third-order valence-electron chi connectivity index (χ3n) is 3.03. The molecule has 0 amide bonds. The molecule has 0 spiro atoms. The Morgan fingerprint density at radius 1 is 1.08 bits per heavy atom. The van der Waals surface area contributed by atoms with E-state index >= 15 is 0 Å². The lowest BCUT2D eigenvalue weighted by Gasteiger charge is -2.34. The summed E-state index contributed by atoms with van der Waals surface area (Å²) in [5, 5.41) is 10.2. The van der Waals surface area contributed by atoms with Crippen molar-refractivity contribution in [2.75, 3.05) is 20.0 Å². The number of hydrogen-bond donors (Lipinski definition) is 1. The Morgan fingerprint density at radius 3 is 2.25 bits per heavy atom. The maximum atomic E-state index is 10.2. The zero-order valence-corrected chi connectivity index (χ0v) is 7.29. The highest BCUT2D eigenvalue weighted by molar-refractivity contribution is 4.91. The molecule has 12 heavy (non-hydrogen) atoms. The Bertz CT molecular complexity index is 146. The zero-order chi connectivity index (χ0) is 8.44. The van der Waals surface area contributed by atoms with Crippen LogP contribution in [0.3, 0.4) is 0 Å². The molecule has 0 unspecified atom stereocenters. The van der Waals surface area contributed by atoms with Gasteiger partial charge in [-0.1, -0.05) is 12.8 Å². The predicted octanol–water partition coefficient (Wildman–Crippen LogP) is 0.912. The van der Waals surface area contributed by atoms with Crippen molar-refractivity contribution >= 4 is 0 Å². The van der Waals surface area contributed by atoms with Gasteiger partial charge in [-0.2, -0.15) is 0 Å². The van der Waals surface area contributed by atoms with Crippen molar-refractivity contribution in [2.45, 2.75) is 31.3 Å². The van der Waals surface area contributed by atoms with Gasteiger partial charge in [0.2, 0.25) is 0 Å². The summed E-state index contributed by atoms with van der Waals surface area (Å²) < 4.78 is 10.4. The molecule has 1 aliphatic heterocycles. The van der Waals surface area contributed by atoms with Crippen molar-refractivity contribution in [2.24, 2.45) is 5.92 Å². The SMILES string of the molecule is OC1(C2COCOC2)CCCC1. The van der Waals surface area contributed by atoms with Gasteiger partial charge in [-0.05, 0) is 12.8 Å². The largest absolute Gasteiger partial charge is 0.389 e. The number of hydrogen-bond acceptors (Lipinski definition) is 3. The van der Waals surface area contributed by atoms with E-state index in [0.29, 0.717) is 20.0 Å². The first-order valence-corrected chi connectivity index (χ1v) is 4.69. The molecule has 1 N–H and O–H groups in total. The molecular weight excluding hydrogens is 156 g/mol. The van der Waals surface area contributed by atoms with Crippen LogP contribution in [0.15, 0.2) is 0 Å². The number of aliphatic hydroxyl groups is 1. The molecule has 1 aliphatic carbocycles. The molecule has 0 radical (unpaired) electrons. The Morgan fingerprint density at radius 2 is 1.67 bits per heavy atom. The Kier molecular flexibility index (Phi) is 2.35. The lowest BCUT2D eigenvalue weighted by Crippen LogP contribution is -2.43. The second kappa shape index (κ2) is 3.32. The maximum Gasteiger partial charge on any atom is 0.146 e. The molecule has 3 nitrogen and oxygen atoms in total. The summed E-state index contributed by atoms with van der Waals surface area (Å²) in [5.74, 6) is 0.203. The molecular formula is C9H16O3. The summed E-state index contributed by atoms with van der Waals surface area (Å²) >= 11 is 0. The van der Waals surface area contributed by atoms with Gasteiger partial charge in [0.05, 0.1) is 18.8 Å². The Balaban J connectivity index is 1.96. The highest BCUT2D eigenvalue weighted by Crippen LogP contribution is 2.37. The first kappa shape index (κ1) is 8.48. The zero-order valence-electron chi connectivity index (χ0n) is 7.29. The third kappa shape index (κ3) is 1.49. The van der Waals surface area contributed by atoms with Crippen LogP contribution in [0.5, 0.6) is 0 Å². The van der Waals surface area contributed by atoms with Crippen molar-refractivity contribution in [1.29, 1.82) is 0 Å². The average molecular weight is 172 g/mol. The smallest absolute Gasteiger partial charge is 0.146 e. The van der Waals surface area contributed by atoms with Crippen LogP contribution in [0.25, 0.3) is 0 Å². The molecule has 1 saturated carbocycles. The highest BCUT2D eigenvalue weighted by Gasteiger charge is 2.40. The molecule has 0 atom stereocenters. The summed E-state index contributed by atoms with van der Waals surface area (Å²) in [6.07, 6.45) is 4.13. The molecule has 0 aromatic heterocycles. The topological polar surface area (TPSA) is 38.7 Å². The molecule has 1 saturated heterocycles. The minimum Gasteiger partial charge on any atom is -0.389 e. The van der Waals surface area contributed by atoms with E-state index in [1.165, 1.54) is 0 Å². The van der Waals surface area contributed by atoms with E-state index in [1.54, 1.807) is 0 Å². The number of ether oxygens (including phenoxy) is 2. The maximum absolute atomic E-state index is 10.2. The molecule has 0 aromatic carbocycles. The first-order valence-electron chi connectivity index (χ1n) is 4.69. The summed E-state index contributed by atoms with van der Waals surface area (Å²) in [6.45, 7) is 1.72. The van der Waals surface area contributed by atoms with Gasteiger partial charge in [0.1, 0.15) is 6.79 Å². The fourth-order valence-electron chi connectivity index (χ4n) is 2.19. The molecule has 2 fully saturated rings. The van der Waals surface area contributed by atoms with E-state index in [9.17, 15) is 5.11 Å². The van der Waals surface area contributed by atoms with Crippen molar-refractivity contribution in [1.82, 2.24) is 0 Å². The van der Waals surface area contributed by atoms with Gasteiger partial charge >= 0.3 is 0 Å². The summed E-state index contributed by atoms with van der Waals surface area (Å²) in [5.41, 5.74) is -0.486. The van der Waals surface area contributed by atoms with Crippen molar-refractivity contribution in [3.05, 3.63) is 0 Å². The normalized spacial score (nSPS) is 30.8. The molecule has 70 valence electrons. The van der Waals surface area contributed by atoms with Crippen LogP contribution in [0, 0.1) is 5.92 Å². The van der Waals surface area contributed by atoms with Gasteiger partial charge in [0.15, 0.2) is 0 Å². The summed E-state index contributed by atoms with van der Waals surface area (Å²) in [7, 11) is 0. The molecule has 0 bridgehead atoms. The molecule has 3 heteroatoms. The summed E-state index contributed by atoms with van der Waals surface area (Å²) in [6, 6.07) is 0. The van der Waals surface area contributed by atoms with Crippen LogP contribution in [-0.2, 0) is 9.47 Å². The van der Waals surface area contributed by atoms with E-state index in [2.05, 4.69) is 0 Å². The van der Waals surface area contributed by atoms with Gasteiger partial charge in [0, 0.05) is 5.92 Å². The molecule has 2 aliphatic rings. The average Bonchev–Trinajstić information content (AvgIpc) is 2.55. The van der Waals surface area contributed by atoms with Gasteiger partial charge < -0.3 is 14.6 Å². The van der Waals surface area contributed by atoms with Crippen molar-refractivity contribution in [3.8, 4) is 0 Å². The second-order valence-corrected chi connectivity index (χ2v) is 3.87. The van der Waals surface area contributed by atoms with Crippen molar-refractivity contribution in [3.63, 3.8) is 0 Å². The van der Waals surface area contributed by atoms with Gasteiger partial charge in [-0.15, -0.1) is 0 Å². The van der Waals surface area contributed by atoms with E-state index in [1.807, 2.05) is 0 Å². The van der Waals surface area contributed by atoms with Gasteiger partial charge in [-0.25, -0.2) is 0 Å². The minimum atomic E-state index is -0.486. The predicted molar refractivity (Wildman–Crippen MR) is 43.7 cm³/mol. The van der Waals surface area contributed by atoms with E-state index < -0.39 is 5.60 Å². The van der Waals surface area contributed by atoms with Crippen LogP contribution in [0.2, 0.25) is 0 Å². The minimum absolute atomic E-state index is 0.203. The standard InChI is InChI=1S/C9H16O3/c10-9(3-1-2-4-9)8-5-11-7-12-6-8/h8,10H,1-7H2. The Hall–Kier alpha value is -0.120. The van der Waals surface area contributed by atoms with Crippen LogP contribution >= 0.6 is 0 Å². The highest BCUT2D eigenvalue weighted by atomic mass is 16.7. The molecule has 2 rings (SSSR count).